The summed E-state index contributed by atoms with van der Waals surface area (Å²) >= 11 is 0. The Labute approximate surface area is 213 Å². The number of hydrogen-bond acceptors (Lipinski definition) is 5. The van der Waals surface area contributed by atoms with Crippen molar-refractivity contribution in [1.82, 2.24) is 14.8 Å². The molecule has 6 nitrogen and oxygen atoms in total. The summed E-state index contributed by atoms with van der Waals surface area (Å²) in [5.74, 6) is 0.224. The summed E-state index contributed by atoms with van der Waals surface area (Å²) in [7, 11) is 2.08. The smallest absolute Gasteiger partial charge is 0.259 e. The number of amides is 1. The fraction of sp³-hybridized carbons (Fsp3) is 0.333. The molecule has 188 valence electrons. The minimum atomic E-state index is -0.308. The zero-order valence-corrected chi connectivity index (χ0v) is 21.2. The van der Waals surface area contributed by atoms with Gasteiger partial charge >= 0.3 is 0 Å². The predicted molar refractivity (Wildman–Crippen MR) is 144 cm³/mol. The van der Waals surface area contributed by atoms with Crippen LogP contribution in [0.1, 0.15) is 40.9 Å². The number of pyridine rings is 1. The zero-order chi connectivity index (χ0) is 25.5. The standard InChI is InChI=1S/C30H35N3O3/c1-22-18-33(23(2)21-34)30(35)27-16-26(15-14-24-10-6-4-7-11-24)17-31-29(27)36-28(22)20-32(3)19-25-12-8-5-9-13-25/h4-17,22-23,28,34H,18-21H2,1-3H3/b15-14+/t22-,23+,28+/m0/s1. The maximum atomic E-state index is 13.6. The van der Waals surface area contributed by atoms with E-state index < -0.39 is 0 Å². The van der Waals surface area contributed by atoms with Gasteiger partial charge in [-0.05, 0) is 36.7 Å². The van der Waals surface area contributed by atoms with E-state index in [1.165, 1.54) is 5.56 Å². The fourth-order valence-corrected chi connectivity index (χ4v) is 4.45. The number of nitrogens with zero attached hydrogens (tertiary/aromatic N) is 3. The number of carbonyl (C=O) groups excluding carboxylic acids is 1. The number of aromatic nitrogens is 1. The number of aliphatic hydroxyl groups is 1. The molecule has 0 bridgehead atoms. The number of rotatable bonds is 8. The Kier molecular flexibility index (Phi) is 8.52. The Morgan fingerprint density at radius 2 is 1.78 bits per heavy atom. The molecule has 1 N–H and O–H groups in total. The molecule has 0 radical (unpaired) electrons. The molecule has 1 amide bonds. The highest BCUT2D eigenvalue weighted by atomic mass is 16.5. The molecule has 0 spiro atoms. The van der Waals surface area contributed by atoms with Gasteiger partial charge in [-0.25, -0.2) is 4.98 Å². The first-order chi connectivity index (χ1) is 17.4. The Bertz CT molecular complexity index is 1170. The maximum Gasteiger partial charge on any atom is 0.259 e. The van der Waals surface area contributed by atoms with Gasteiger partial charge in [0.2, 0.25) is 5.88 Å². The number of carbonyl (C=O) groups is 1. The van der Waals surface area contributed by atoms with Crippen molar-refractivity contribution in [3.05, 3.63) is 95.2 Å². The van der Waals surface area contributed by atoms with E-state index in [0.717, 1.165) is 17.7 Å². The number of benzene rings is 2. The number of likely N-dealkylation sites (N-methyl/N-ethyl adjacent to an activating group) is 1. The van der Waals surface area contributed by atoms with Crippen molar-refractivity contribution in [2.24, 2.45) is 5.92 Å². The molecule has 1 aliphatic rings. The van der Waals surface area contributed by atoms with Crippen molar-refractivity contribution in [3.8, 4) is 5.88 Å². The summed E-state index contributed by atoms with van der Waals surface area (Å²) in [6.45, 7) is 5.83. The lowest BCUT2D eigenvalue weighted by atomic mass is 9.99. The van der Waals surface area contributed by atoms with Gasteiger partial charge in [-0.1, -0.05) is 79.7 Å². The van der Waals surface area contributed by atoms with Gasteiger partial charge in [0.25, 0.3) is 5.91 Å². The molecule has 1 aliphatic heterocycles. The van der Waals surface area contributed by atoms with Crippen LogP contribution in [0.25, 0.3) is 12.2 Å². The lowest BCUT2D eigenvalue weighted by Gasteiger charge is -2.37. The molecule has 4 rings (SSSR count). The van der Waals surface area contributed by atoms with E-state index in [1.54, 1.807) is 11.1 Å². The Morgan fingerprint density at radius 1 is 1.11 bits per heavy atom. The van der Waals surface area contributed by atoms with Gasteiger partial charge in [0.1, 0.15) is 11.7 Å². The molecule has 0 saturated heterocycles. The van der Waals surface area contributed by atoms with Crippen LogP contribution in [0.2, 0.25) is 0 Å². The second-order valence-electron chi connectivity index (χ2n) is 9.67. The monoisotopic (exact) mass is 485 g/mol. The third kappa shape index (κ3) is 6.39. The molecule has 3 atom stereocenters. The number of aliphatic hydroxyl groups excluding tert-OH is 1. The van der Waals surface area contributed by atoms with E-state index in [0.29, 0.717) is 24.5 Å². The van der Waals surface area contributed by atoms with Crippen molar-refractivity contribution in [3.63, 3.8) is 0 Å². The van der Waals surface area contributed by atoms with Gasteiger partial charge in [0.05, 0.1) is 12.6 Å². The van der Waals surface area contributed by atoms with Gasteiger partial charge in [-0.3, -0.25) is 9.69 Å². The highest BCUT2D eigenvalue weighted by molar-refractivity contribution is 5.97. The molecule has 1 aromatic heterocycles. The molecule has 2 aromatic carbocycles. The Morgan fingerprint density at radius 3 is 2.47 bits per heavy atom. The topological polar surface area (TPSA) is 65.9 Å². The first kappa shape index (κ1) is 25.6. The number of fused-ring (bicyclic) bond motifs is 1. The van der Waals surface area contributed by atoms with E-state index >= 15 is 0 Å². The second kappa shape index (κ2) is 12.0. The van der Waals surface area contributed by atoms with Gasteiger partial charge < -0.3 is 14.7 Å². The van der Waals surface area contributed by atoms with Crippen LogP contribution in [0.4, 0.5) is 0 Å². The van der Waals surface area contributed by atoms with Crippen LogP contribution < -0.4 is 4.74 Å². The summed E-state index contributed by atoms with van der Waals surface area (Å²) in [5.41, 5.74) is 3.54. The lowest BCUT2D eigenvalue weighted by Crippen LogP contribution is -2.49. The Balaban J connectivity index is 1.61. The number of hydrogen-bond donors (Lipinski definition) is 1. The molecule has 36 heavy (non-hydrogen) atoms. The van der Waals surface area contributed by atoms with Crippen LogP contribution in [0.5, 0.6) is 5.88 Å². The molecule has 0 fully saturated rings. The second-order valence-corrected chi connectivity index (χ2v) is 9.67. The molecule has 0 saturated carbocycles. The first-order valence-electron chi connectivity index (χ1n) is 12.5. The third-order valence-corrected chi connectivity index (χ3v) is 6.60. The normalized spacial score (nSPS) is 19.0. The maximum absolute atomic E-state index is 13.6. The SMILES string of the molecule is C[C@H](CO)N1C[C@H](C)[C@@H](CN(C)Cc2ccccc2)Oc2ncc(/C=C/c3ccccc3)cc2C1=O. The highest BCUT2D eigenvalue weighted by Gasteiger charge is 2.34. The average Bonchev–Trinajstić information content (AvgIpc) is 2.90. The van der Waals surface area contributed by atoms with Gasteiger partial charge in [0.15, 0.2) is 0 Å². The van der Waals surface area contributed by atoms with Crippen LogP contribution in [-0.2, 0) is 6.54 Å². The van der Waals surface area contributed by atoms with Crippen molar-refractivity contribution in [2.75, 3.05) is 26.7 Å². The van der Waals surface area contributed by atoms with Crippen LogP contribution >= 0.6 is 0 Å². The quantitative estimate of drug-likeness (QED) is 0.505. The number of ether oxygens (including phenoxy) is 1. The van der Waals surface area contributed by atoms with E-state index in [-0.39, 0.29) is 30.6 Å². The van der Waals surface area contributed by atoms with E-state index in [1.807, 2.05) is 73.7 Å². The van der Waals surface area contributed by atoms with Gasteiger partial charge in [-0.2, -0.15) is 0 Å². The largest absolute Gasteiger partial charge is 0.472 e. The zero-order valence-electron chi connectivity index (χ0n) is 21.2. The van der Waals surface area contributed by atoms with Crippen LogP contribution in [0.15, 0.2) is 72.9 Å². The molecule has 2 heterocycles. The van der Waals surface area contributed by atoms with Gasteiger partial charge in [0, 0.05) is 31.7 Å². The summed E-state index contributed by atoms with van der Waals surface area (Å²) in [4.78, 5) is 22.2. The molecular weight excluding hydrogens is 450 g/mol. The van der Waals surface area contributed by atoms with Crippen molar-refractivity contribution in [2.45, 2.75) is 32.5 Å². The first-order valence-corrected chi connectivity index (χ1v) is 12.5. The molecule has 0 unspecified atom stereocenters. The summed E-state index contributed by atoms with van der Waals surface area (Å²) in [6.07, 6.45) is 5.51. The minimum Gasteiger partial charge on any atom is -0.472 e. The molecule has 6 heteroatoms. The van der Waals surface area contributed by atoms with Crippen LogP contribution in [-0.4, -0.2) is 64.7 Å². The molecule has 0 aliphatic carbocycles. The van der Waals surface area contributed by atoms with Crippen molar-refractivity contribution < 1.29 is 14.6 Å². The summed E-state index contributed by atoms with van der Waals surface area (Å²) in [6, 6.07) is 21.9. The van der Waals surface area contributed by atoms with Crippen LogP contribution in [0.3, 0.4) is 0 Å². The minimum absolute atomic E-state index is 0.0498. The van der Waals surface area contributed by atoms with E-state index in [2.05, 4.69) is 36.0 Å². The van der Waals surface area contributed by atoms with Gasteiger partial charge in [-0.15, -0.1) is 0 Å². The Hall–Kier alpha value is -3.48. The van der Waals surface area contributed by atoms with Crippen molar-refractivity contribution in [1.29, 1.82) is 0 Å². The summed E-state index contributed by atoms with van der Waals surface area (Å²) < 4.78 is 6.42. The third-order valence-electron chi connectivity index (χ3n) is 6.60. The molecule has 3 aromatic rings. The predicted octanol–water partition coefficient (Wildman–Crippen LogP) is 4.60. The molecular formula is C30H35N3O3. The average molecular weight is 486 g/mol. The van der Waals surface area contributed by atoms with E-state index in [9.17, 15) is 9.90 Å². The van der Waals surface area contributed by atoms with Crippen LogP contribution in [0, 0.1) is 5.92 Å². The highest BCUT2D eigenvalue weighted by Crippen LogP contribution is 2.28. The van der Waals surface area contributed by atoms with Crippen molar-refractivity contribution >= 4 is 18.1 Å². The van der Waals surface area contributed by atoms with E-state index in [4.69, 9.17) is 4.74 Å². The lowest BCUT2D eigenvalue weighted by molar-refractivity contribution is 0.0325. The summed E-state index contributed by atoms with van der Waals surface area (Å²) in [5, 5.41) is 9.88. The fourth-order valence-electron chi connectivity index (χ4n) is 4.45.